The predicted molar refractivity (Wildman–Crippen MR) is 72.6 cm³/mol. The molecule has 0 amide bonds. The standard InChI is InChI=1S/C14H22N4/c1-10-6-14(17-15-9-10)16-11-7-12-4-3-5-13(8-11)18(12)2/h6,9,11-13H,3-5,7-8H2,1-2H3,(H,16,17). The molecule has 1 N–H and O–H groups in total. The molecule has 2 saturated heterocycles. The highest BCUT2D eigenvalue weighted by atomic mass is 15.2. The van der Waals surface area contributed by atoms with E-state index in [1.165, 1.54) is 37.7 Å². The summed E-state index contributed by atoms with van der Waals surface area (Å²) >= 11 is 0. The van der Waals surface area contributed by atoms with Gasteiger partial charge in [-0.2, -0.15) is 5.10 Å². The number of nitrogens with zero attached hydrogens (tertiary/aromatic N) is 3. The molecule has 4 nitrogen and oxygen atoms in total. The second-order valence-electron chi connectivity index (χ2n) is 5.83. The maximum Gasteiger partial charge on any atom is 0.149 e. The number of aromatic nitrogens is 2. The Morgan fingerprint density at radius 2 is 2.00 bits per heavy atom. The number of aryl methyl sites for hydroxylation is 1. The minimum Gasteiger partial charge on any atom is -0.366 e. The Bertz CT molecular complexity index is 406. The van der Waals surface area contributed by atoms with Gasteiger partial charge in [0, 0.05) is 18.1 Å². The molecule has 2 aliphatic heterocycles. The summed E-state index contributed by atoms with van der Waals surface area (Å²) in [7, 11) is 2.29. The molecule has 3 heterocycles. The van der Waals surface area contributed by atoms with Crippen LogP contribution in [0.25, 0.3) is 0 Å². The molecule has 4 heteroatoms. The molecule has 2 unspecified atom stereocenters. The van der Waals surface area contributed by atoms with Crippen LogP contribution < -0.4 is 5.32 Å². The van der Waals surface area contributed by atoms with Gasteiger partial charge >= 0.3 is 0 Å². The fourth-order valence-corrected chi connectivity index (χ4v) is 3.48. The van der Waals surface area contributed by atoms with Crippen LogP contribution in [0.3, 0.4) is 0 Å². The average Bonchev–Trinajstić information content (AvgIpc) is 2.30. The number of hydrogen-bond donors (Lipinski definition) is 1. The van der Waals surface area contributed by atoms with E-state index in [2.05, 4.69) is 40.5 Å². The Balaban J connectivity index is 1.68. The highest BCUT2D eigenvalue weighted by Gasteiger charge is 2.35. The quantitative estimate of drug-likeness (QED) is 0.868. The SMILES string of the molecule is Cc1cnnc(NC2CC3CCCC(C2)N3C)c1. The summed E-state index contributed by atoms with van der Waals surface area (Å²) in [6.45, 7) is 2.06. The zero-order valence-corrected chi connectivity index (χ0v) is 11.3. The van der Waals surface area contributed by atoms with E-state index in [4.69, 9.17) is 0 Å². The Hall–Kier alpha value is -1.16. The van der Waals surface area contributed by atoms with Gasteiger partial charge < -0.3 is 10.2 Å². The van der Waals surface area contributed by atoms with Crippen molar-refractivity contribution in [1.29, 1.82) is 0 Å². The summed E-state index contributed by atoms with van der Waals surface area (Å²) in [6.07, 6.45) is 8.38. The van der Waals surface area contributed by atoms with Crippen LogP contribution in [-0.2, 0) is 0 Å². The van der Waals surface area contributed by atoms with Gasteiger partial charge in [0.05, 0.1) is 6.20 Å². The van der Waals surface area contributed by atoms with Crippen LogP contribution in [0.2, 0.25) is 0 Å². The van der Waals surface area contributed by atoms with E-state index in [1.54, 1.807) is 6.20 Å². The molecule has 2 fully saturated rings. The molecule has 0 aromatic carbocycles. The van der Waals surface area contributed by atoms with Crippen LogP contribution in [-0.4, -0.2) is 40.3 Å². The topological polar surface area (TPSA) is 41.1 Å². The molecule has 2 aliphatic rings. The van der Waals surface area contributed by atoms with Crippen molar-refractivity contribution in [2.24, 2.45) is 0 Å². The highest BCUT2D eigenvalue weighted by molar-refractivity contribution is 5.36. The van der Waals surface area contributed by atoms with E-state index < -0.39 is 0 Å². The number of nitrogens with one attached hydrogen (secondary N) is 1. The first-order chi connectivity index (χ1) is 8.72. The molecular weight excluding hydrogens is 224 g/mol. The number of anilines is 1. The van der Waals surface area contributed by atoms with Crippen molar-refractivity contribution >= 4 is 5.82 Å². The lowest BCUT2D eigenvalue weighted by atomic mass is 9.82. The first-order valence-electron chi connectivity index (χ1n) is 7.00. The van der Waals surface area contributed by atoms with Gasteiger partial charge in [0.25, 0.3) is 0 Å². The lowest BCUT2D eigenvalue weighted by Crippen LogP contribution is -2.52. The van der Waals surface area contributed by atoms with Crippen LogP contribution in [0, 0.1) is 6.92 Å². The summed E-state index contributed by atoms with van der Waals surface area (Å²) in [5.74, 6) is 0.933. The molecule has 1 aromatic heterocycles. The van der Waals surface area contributed by atoms with Crippen molar-refractivity contribution in [2.45, 2.75) is 57.2 Å². The van der Waals surface area contributed by atoms with Gasteiger partial charge in [-0.25, -0.2) is 0 Å². The van der Waals surface area contributed by atoms with Crippen molar-refractivity contribution in [2.75, 3.05) is 12.4 Å². The van der Waals surface area contributed by atoms with Crippen LogP contribution >= 0.6 is 0 Å². The fourth-order valence-electron chi connectivity index (χ4n) is 3.48. The van der Waals surface area contributed by atoms with Crippen molar-refractivity contribution in [3.63, 3.8) is 0 Å². The van der Waals surface area contributed by atoms with Crippen molar-refractivity contribution in [1.82, 2.24) is 15.1 Å². The van der Waals surface area contributed by atoms with E-state index >= 15 is 0 Å². The lowest BCUT2D eigenvalue weighted by molar-refractivity contribution is 0.0607. The maximum absolute atomic E-state index is 4.17. The van der Waals surface area contributed by atoms with Gasteiger partial charge in [-0.05, 0) is 51.3 Å². The lowest BCUT2D eigenvalue weighted by Gasteiger charge is -2.47. The zero-order valence-electron chi connectivity index (χ0n) is 11.3. The molecule has 3 rings (SSSR count). The third-order valence-electron chi connectivity index (χ3n) is 4.48. The molecule has 0 spiro atoms. The summed E-state index contributed by atoms with van der Waals surface area (Å²) in [6, 6.07) is 4.16. The van der Waals surface area contributed by atoms with Gasteiger partial charge in [-0.3, -0.25) is 0 Å². The Kier molecular flexibility index (Phi) is 3.20. The van der Waals surface area contributed by atoms with E-state index in [0.29, 0.717) is 6.04 Å². The van der Waals surface area contributed by atoms with Crippen LogP contribution in [0.5, 0.6) is 0 Å². The van der Waals surface area contributed by atoms with E-state index in [0.717, 1.165) is 17.9 Å². The number of fused-ring (bicyclic) bond motifs is 2. The first kappa shape index (κ1) is 11.9. The number of rotatable bonds is 2. The Labute approximate surface area is 109 Å². The first-order valence-corrected chi connectivity index (χ1v) is 7.00. The van der Waals surface area contributed by atoms with Crippen LogP contribution in [0.4, 0.5) is 5.82 Å². The highest BCUT2D eigenvalue weighted by Crippen LogP contribution is 2.33. The number of piperidine rings is 2. The van der Waals surface area contributed by atoms with E-state index in [9.17, 15) is 0 Å². The van der Waals surface area contributed by atoms with Crippen molar-refractivity contribution < 1.29 is 0 Å². The molecule has 1 aromatic rings. The van der Waals surface area contributed by atoms with E-state index in [-0.39, 0.29) is 0 Å². The van der Waals surface area contributed by atoms with Gasteiger partial charge in [-0.1, -0.05) is 6.42 Å². The summed E-state index contributed by atoms with van der Waals surface area (Å²) < 4.78 is 0. The third kappa shape index (κ3) is 2.34. The summed E-state index contributed by atoms with van der Waals surface area (Å²) in [5, 5.41) is 11.8. The summed E-state index contributed by atoms with van der Waals surface area (Å²) in [4.78, 5) is 2.59. The third-order valence-corrected chi connectivity index (χ3v) is 4.48. The monoisotopic (exact) mass is 246 g/mol. The summed E-state index contributed by atoms with van der Waals surface area (Å²) in [5.41, 5.74) is 1.17. The number of hydrogen-bond acceptors (Lipinski definition) is 4. The molecule has 2 atom stereocenters. The maximum atomic E-state index is 4.17. The Morgan fingerprint density at radius 1 is 1.28 bits per heavy atom. The van der Waals surface area contributed by atoms with Crippen LogP contribution in [0.15, 0.2) is 12.3 Å². The molecule has 0 aliphatic carbocycles. The minimum atomic E-state index is 0.563. The fraction of sp³-hybridized carbons (Fsp3) is 0.714. The molecule has 0 saturated carbocycles. The van der Waals surface area contributed by atoms with Gasteiger partial charge in [0.1, 0.15) is 5.82 Å². The van der Waals surface area contributed by atoms with Gasteiger partial charge in [0.15, 0.2) is 0 Å². The molecule has 2 bridgehead atoms. The average molecular weight is 246 g/mol. The van der Waals surface area contributed by atoms with Crippen molar-refractivity contribution in [3.8, 4) is 0 Å². The Morgan fingerprint density at radius 3 is 2.67 bits per heavy atom. The largest absolute Gasteiger partial charge is 0.366 e. The molecular formula is C14H22N4. The normalized spacial score (nSPS) is 32.2. The predicted octanol–water partition coefficient (Wildman–Crippen LogP) is 2.21. The molecule has 98 valence electrons. The second kappa shape index (κ2) is 4.84. The zero-order chi connectivity index (χ0) is 12.5. The van der Waals surface area contributed by atoms with Crippen molar-refractivity contribution in [3.05, 3.63) is 17.8 Å². The van der Waals surface area contributed by atoms with Gasteiger partial charge in [0.2, 0.25) is 0 Å². The van der Waals surface area contributed by atoms with Crippen LogP contribution in [0.1, 0.15) is 37.7 Å². The van der Waals surface area contributed by atoms with E-state index in [1.807, 2.05) is 0 Å². The smallest absolute Gasteiger partial charge is 0.149 e. The minimum absolute atomic E-state index is 0.563. The molecule has 0 radical (unpaired) electrons. The second-order valence-corrected chi connectivity index (χ2v) is 5.83. The van der Waals surface area contributed by atoms with Gasteiger partial charge in [-0.15, -0.1) is 5.10 Å². The molecule has 18 heavy (non-hydrogen) atoms.